The summed E-state index contributed by atoms with van der Waals surface area (Å²) < 4.78 is 16.9. The summed E-state index contributed by atoms with van der Waals surface area (Å²) in [5.74, 6) is 1.73. The average Bonchev–Trinajstić information content (AvgIpc) is 2.84. The summed E-state index contributed by atoms with van der Waals surface area (Å²) in [6, 6.07) is 22.8. The van der Waals surface area contributed by atoms with Crippen LogP contribution in [-0.2, 0) is 4.74 Å². The second-order valence-electron chi connectivity index (χ2n) is 7.36. The number of anilines is 2. The van der Waals surface area contributed by atoms with Crippen molar-refractivity contribution in [1.29, 1.82) is 0 Å². The largest absolute Gasteiger partial charge is 0.494 e. The van der Waals surface area contributed by atoms with Crippen LogP contribution in [0.5, 0.6) is 17.2 Å². The molecule has 1 aromatic heterocycles. The van der Waals surface area contributed by atoms with Gasteiger partial charge in [-0.05, 0) is 67.9 Å². The molecule has 0 saturated heterocycles. The lowest BCUT2D eigenvalue weighted by Crippen LogP contribution is -2.09. The molecule has 0 amide bonds. The Morgan fingerprint density at radius 3 is 2.39 bits per heavy atom. The molecule has 1 N–H and O–H groups in total. The van der Waals surface area contributed by atoms with Crippen molar-refractivity contribution in [2.24, 2.45) is 0 Å². The third kappa shape index (κ3) is 5.41. The molecule has 33 heavy (non-hydrogen) atoms. The fraction of sp³-hybridized carbons (Fsp3) is 0.185. The fourth-order valence-corrected chi connectivity index (χ4v) is 3.36. The number of rotatable bonds is 9. The van der Waals surface area contributed by atoms with E-state index in [4.69, 9.17) is 14.2 Å². The van der Waals surface area contributed by atoms with Gasteiger partial charge in [0, 0.05) is 17.3 Å². The Balaban J connectivity index is 1.73. The van der Waals surface area contributed by atoms with E-state index in [2.05, 4.69) is 17.2 Å². The number of ether oxygens (including phenoxy) is 3. The highest BCUT2D eigenvalue weighted by atomic mass is 16.5. The van der Waals surface area contributed by atoms with E-state index in [0.717, 1.165) is 34.5 Å². The minimum absolute atomic E-state index is 0.275. The molecule has 3 aromatic carbocycles. The fourth-order valence-electron chi connectivity index (χ4n) is 3.36. The molecule has 0 aliphatic rings. The van der Waals surface area contributed by atoms with E-state index in [1.807, 2.05) is 72.8 Å². The summed E-state index contributed by atoms with van der Waals surface area (Å²) >= 11 is 0. The van der Waals surface area contributed by atoms with Gasteiger partial charge in [-0.25, -0.2) is 4.79 Å². The van der Waals surface area contributed by atoms with E-state index in [9.17, 15) is 4.79 Å². The highest BCUT2D eigenvalue weighted by Gasteiger charge is 2.18. The zero-order valence-electron chi connectivity index (χ0n) is 18.7. The second kappa shape index (κ2) is 10.5. The quantitative estimate of drug-likeness (QED) is 0.290. The molecule has 4 aromatic rings. The Kier molecular flexibility index (Phi) is 7.05. The lowest BCUT2D eigenvalue weighted by atomic mass is 10.1. The van der Waals surface area contributed by atoms with E-state index in [1.165, 1.54) is 0 Å². The summed E-state index contributed by atoms with van der Waals surface area (Å²) in [5, 5.41) is 4.13. The Morgan fingerprint density at radius 2 is 1.67 bits per heavy atom. The molecule has 0 radical (unpaired) electrons. The Bertz CT molecular complexity index is 1220. The molecule has 1 heterocycles. The highest BCUT2D eigenvalue weighted by molar-refractivity contribution is 6.06. The summed E-state index contributed by atoms with van der Waals surface area (Å²) in [6.45, 7) is 4.79. The van der Waals surface area contributed by atoms with Crippen molar-refractivity contribution in [3.05, 3.63) is 84.6 Å². The summed E-state index contributed by atoms with van der Waals surface area (Å²) in [6.07, 6.45) is 2.48. The molecule has 0 aliphatic heterocycles. The number of esters is 1. The van der Waals surface area contributed by atoms with Crippen LogP contribution in [0.2, 0.25) is 0 Å². The van der Waals surface area contributed by atoms with Crippen LogP contribution in [0.15, 0.2) is 79.0 Å². The molecule has 4 rings (SSSR count). The van der Waals surface area contributed by atoms with E-state index < -0.39 is 5.97 Å². The predicted molar refractivity (Wildman–Crippen MR) is 130 cm³/mol. The molecule has 0 unspecified atom stereocenters. The summed E-state index contributed by atoms with van der Waals surface area (Å²) in [5.41, 5.74) is 2.51. The topological polar surface area (TPSA) is 69.7 Å². The third-order valence-electron chi connectivity index (χ3n) is 4.91. The van der Waals surface area contributed by atoms with E-state index >= 15 is 0 Å². The van der Waals surface area contributed by atoms with Crippen LogP contribution in [0.1, 0.15) is 30.6 Å². The van der Waals surface area contributed by atoms with Crippen LogP contribution in [0.3, 0.4) is 0 Å². The zero-order valence-corrected chi connectivity index (χ0v) is 18.7. The Hall–Kier alpha value is -4.06. The number of hydrogen-bond donors (Lipinski definition) is 1. The van der Waals surface area contributed by atoms with Gasteiger partial charge in [-0.3, -0.25) is 4.98 Å². The second-order valence-corrected chi connectivity index (χ2v) is 7.36. The number of para-hydroxylation sites is 1. The maximum atomic E-state index is 12.7. The van der Waals surface area contributed by atoms with Crippen molar-refractivity contribution in [1.82, 2.24) is 4.98 Å². The van der Waals surface area contributed by atoms with Gasteiger partial charge in [-0.2, -0.15) is 0 Å². The third-order valence-corrected chi connectivity index (χ3v) is 4.91. The van der Waals surface area contributed by atoms with Gasteiger partial charge in [0.2, 0.25) is 0 Å². The van der Waals surface area contributed by atoms with Gasteiger partial charge in [0.15, 0.2) is 0 Å². The van der Waals surface area contributed by atoms with Crippen LogP contribution in [0, 0.1) is 0 Å². The first-order valence-electron chi connectivity index (χ1n) is 11.0. The van der Waals surface area contributed by atoms with Crippen LogP contribution >= 0.6 is 0 Å². The molecule has 168 valence electrons. The monoisotopic (exact) mass is 442 g/mol. The molecule has 0 saturated carbocycles. The smallest absolute Gasteiger partial charge is 0.341 e. The van der Waals surface area contributed by atoms with Crippen LogP contribution < -0.4 is 14.8 Å². The first kappa shape index (κ1) is 22.1. The molecule has 6 nitrogen and oxygen atoms in total. The standard InChI is InChI=1S/C27H26N2O4/c1-3-16-32-20-12-10-19(11-13-20)29-26-23-17-22(33-21-8-6-5-7-9-21)14-15-25(23)28-18-24(26)27(30)31-4-2/h5-15,17-18H,3-4,16H2,1-2H3,(H,28,29). The van der Waals surface area contributed by atoms with Crippen LogP contribution in [0.4, 0.5) is 11.4 Å². The number of pyridine rings is 1. The average molecular weight is 443 g/mol. The minimum Gasteiger partial charge on any atom is -0.494 e. The predicted octanol–water partition coefficient (Wildman–Crippen LogP) is 6.74. The van der Waals surface area contributed by atoms with Crippen molar-refractivity contribution >= 4 is 28.2 Å². The van der Waals surface area contributed by atoms with Gasteiger partial charge in [0.05, 0.1) is 24.4 Å². The maximum Gasteiger partial charge on any atom is 0.341 e. The number of aromatic nitrogens is 1. The molecule has 0 atom stereocenters. The van der Waals surface area contributed by atoms with Gasteiger partial charge < -0.3 is 19.5 Å². The van der Waals surface area contributed by atoms with Gasteiger partial charge in [0.25, 0.3) is 0 Å². The number of carbonyl (C=O) groups is 1. The Morgan fingerprint density at radius 1 is 0.909 bits per heavy atom. The van der Waals surface area contributed by atoms with Gasteiger partial charge in [-0.15, -0.1) is 0 Å². The molecule has 0 bridgehead atoms. The normalized spacial score (nSPS) is 10.6. The highest BCUT2D eigenvalue weighted by Crippen LogP contribution is 2.34. The van der Waals surface area contributed by atoms with Crippen LogP contribution in [0.25, 0.3) is 10.9 Å². The zero-order chi connectivity index (χ0) is 23.0. The molecule has 6 heteroatoms. The molecular weight excluding hydrogens is 416 g/mol. The SMILES string of the molecule is CCCOc1ccc(Nc2c(C(=O)OCC)cnc3ccc(Oc4ccccc4)cc23)cc1. The van der Waals surface area contributed by atoms with E-state index in [1.54, 1.807) is 13.1 Å². The lowest BCUT2D eigenvalue weighted by Gasteiger charge is -2.15. The first-order valence-corrected chi connectivity index (χ1v) is 11.0. The number of hydrogen-bond acceptors (Lipinski definition) is 6. The molecule has 0 spiro atoms. The number of carbonyl (C=O) groups excluding carboxylic acids is 1. The van der Waals surface area contributed by atoms with Crippen molar-refractivity contribution in [2.45, 2.75) is 20.3 Å². The number of fused-ring (bicyclic) bond motifs is 1. The van der Waals surface area contributed by atoms with Crippen molar-refractivity contribution < 1.29 is 19.0 Å². The first-order chi connectivity index (χ1) is 16.2. The van der Waals surface area contributed by atoms with E-state index in [-0.39, 0.29) is 6.61 Å². The summed E-state index contributed by atoms with van der Waals surface area (Å²) in [4.78, 5) is 17.2. The molecule has 0 aliphatic carbocycles. The van der Waals surface area contributed by atoms with Crippen molar-refractivity contribution in [3.8, 4) is 17.2 Å². The van der Waals surface area contributed by atoms with Crippen molar-refractivity contribution in [2.75, 3.05) is 18.5 Å². The lowest BCUT2D eigenvalue weighted by molar-refractivity contribution is 0.0527. The van der Waals surface area contributed by atoms with Gasteiger partial charge >= 0.3 is 5.97 Å². The van der Waals surface area contributed by atoms with Crippen LogP contribution in [-0.4, -0.2) is 24.2 Å². The maximum absolute atomic E-state index is 12.7. The summed E-state index contributed by atoms with van der Waals surface area (Å²) in [7, 11) is 0. The van der Waals surface area contributed by atoms with E-state index in [0.29, 0.717) is 23.6 Å². The van der Waals surface area contributed by atoms with Crippen molar-refractivity contribution in [3.63, 3.8) is 0 Å². The molecular formula is C27H26N2O4. The molecule has 0 fully saturated rings. The number of nitrogens with zero attached hydrogens (tertiary/aromatic N) is 1. The minimum atomic E-state index is -0.438. The Labute approximate surface area is 193 Å². The van der Waals surface area contributed by atoms with Gasteiger partial charge in [0.1, 0.15) is 22.8 Å². The number of benzene rings is 3. The van der Waals surface area contributed by atoms with Gasteiger partial charge in [-0.1, -0.05) is 25.1 Å². The number of nitrogens with one attached hydrogen (secondary N) is 1.